The topological polar surface area (TPSA) is 105 Å². The van der Waals surface area contributed by atoms with Crippen molar-refractivity contribution in [2.45, 2.75) is 56.5 Å². The van der Waals surface area contributed by atoms with E-state index >= 15 is 0 Å². The van der Waals surface area contributed by atoms with Crippen LogP contribution in [0.4, 0.5) is 0 Å². The van der Waals surface area contributed by atoms with E-state index in [0.29, 0.717) is 0 Å². The lowest BCUT2D eigenvalue weighted by Gasteiger charge is -2.17. The van der Waals surface area contributed by atoms with Crippen molar-refractivity contribution in [1.29, 1.82) is 0 Å². The molecular weight excluding hydrogens is 278 g/mol. The maximum Gasteiger partial charge on any atom is 0.308 e. The molecule has 1 heterocycles. The lowest BCUT2D eigenvalue weighted by atomic mass is 10.0. The smallest absolute Gasteiger partial charge is 0.308 e. The summed E-state index contributed by atoms with van der Waals surface area (Å²) in [5.41, 5.74) is 0. The molecule has 0 spiro atoms. The molecule has 1 saturated heterocycles. The molecule has 1 amide bonds. The number of aliphatic hydroxyl groups excluding tert-OH is 2. The van der Waals surface area contributed by atoms with E-state index in [1.54, 1.807) is 0 Å². The summed E-state index contributed by atoms with van der Waals surface area (Å²) in [6, 6.07) is 0. The molecule has 120 valence electrons. The molecule has 0 aromatic heterocycles. The summed E-state index contributed by atoms with van der Waals surface area (Å²) in [6.07, 6.45) is 0.0195. The van der Waals surface area contributed by atoms with Crippen molar-refractivity contribution >= 4 is 11.9 Å². The number of methoxy groups -OCH3 is 1. The zero-order chi connectivity index (χ0) is 15.4. The Balaban J connectivity index is 1.80. The van der Waals surface area contributed by atoms with Crippen LogP contribution in [-0.4, -0.2) is 60.2 Å². The third-order valence-corrected chi connectivity index (χ3v) is 4.26. The second kappa shape index (κ2) is 7.20. The van der Waals surface area contributed by atoms with Gasteiger partial charge in [-0.3, -0.25) is 9.59 Å². The SMILES string of the molecule is COC(=O)CC1OC(CNC(=O)C2CCCC2)C(O)C1O. The van der Waals surface area contributed by atoms with Crippen molar-refractivity contribution < 1.29 is 29.3 Å². The lowest BCUT2D eigenvalue weighted by molar-refractivity contribution is -0.145. The third-order valence-electron chi connectivity index (χ3n) is 4.26. The van der Waals surface area contributed by atoms with Crippen molar-refractivity contribution in [1.82, 2.24) is 5.32 Å². The second-order valence-corrected chi connectivity index (χ2v) is 5.70. The van der Waals surface area contributed by atoms with Crippen molar-refractivity contribution in [2.75, 3.05) is 13.7 Å². The van der Waals surface area contributed by atoms with Gasteiger partial charge in [0, 0.05) is 12.5 Å². The van der Waals surface area contributed by atoms with Crippen molar-refractivity contribution in [2.24, 2.45) is 5.92 Å². The highest BCUT2D eigenvalue weighted by Gasteiger charge is 2.43. The number of nitrogens with one attached hydrogen (secondary N) is 1. The van der Waals surface area contributed by atoms with E-state index in [1.807, 2.05) is 0 Å². The predicted octanol–water partition coefficient (Wildman–Crippen LogP) is -0.655. The Hall–Kier alpha value is -1.18. The number of hydrogen-bond acceptors (Lipinski definition) is 6. The number of carbonyl (C=O) groups is 2. The van der Waals surface area contributed by atoms with Crippen molar-refractivity contribution in [3.8, 4) is 0 Å². The molecule has 2 fully saturated rings. The number of ether oxygens (including phenoxy) is 2. The number of aliphatic hydroxyl groups is 2. The number of esters is 1. The standard InChI is InChI=1S/C14H23NO6/c1-20-11(16)6-9-12(17)13(18)10(21-9)7-15-14(19)8-4-2-3-5-8/h8-10,12-13,17-18H,2-7H2,1H3,(H,15,19). The maximum absolute atomic E-state index is 11.9. The summed E-state index contributed by atoms with van der Waals surface area (Å²) in [4.78, 5) is 23.1. The Labute approximate surface area is 123 Å². The maximum atomic E-state index is 11.9. The van der Waals surface area contributed by atoms with E-state index in [2.05, 4.69) is 10.1 Å². The van der Waals surface area contributed by atoms with Crippen LogP contribution in [-0.2, 0) is 19.1 Å². The first kappa shape index (κ1) is 16.2. The van der Waals surface area contributed by atoms with Crippen LogP contribution in [0.5, 0.6) is 0 Å². The van der Waals surface area contributed by atoms with Gasteiger partial charge in [-0.25, -0.2) is 0 Å². The van der Waals surface area contributed by atoms with Crippen LogP contribution in [0.3, 0.4) is 0 Å². The molecule has 2 rings (SSSR count). The molecule has 0 radical (unpaired) electrons. The monoisotopic (exact) mass is 301 g/mol. The zero-order valence-corrected chi connectivity index (χ0v) is 12.2. The van der Waals surface area contributed by atoms with Gasteiger partial charge in [0.1, 0.15) is 18.3 Å². The Bertz CT molecular complexity index is 382. The number of rotatable bonds is 5. The van der Waals surface area contributed by atoms with E-state index < -0.39 is 30.4 Å². The molecule has 0 aromatic carbocycles. The quantitative estimate of drug-likeness (QED) is 0.583. The first-order chi connectivity index (χ1) is 10.0. The van der Waals surface area contributed by atoms with Crippen LogP contribution >= 0.6 is 0 Å². The van der Waals surface area contributed by atoms with E-state index in [4.69, 9.17) is 4.74 Å². The average Bonchev–Trinajstić information content (AvgIpc) is 3.09. The fourth-order valence-corrected chi connectivity index (χ4v) is 2.94. The minimum atomic E-state index is -1.16. The van der Waals surface area contributed by atoms with Gasteiger partial charge in [-0.05, 0) is 12.8 Å². The van der Waals surface area contributed by atoms with Gasteiger partial charge in [0.05, 0.1) is 19.6 Å². The van der Waals surface area contributed by atoms with Crippen molar-refractivity contribution in [3.63, 3.8) is 0 Å². The van der Waals surface area contributed by atoms with E-state index in [0.717, 1.165) is 25.7 Å². The Morgan fingerprint density at radius 3 is 2.43 bits per heavy atom. The van der Waals surface area contributed by atoms with Gasteiger partial charge in [0.15, 0.2) is 0 Å². The van der Waals surface area contributed by atoms with Gasteiger partial charge >= 0.3 is 5.97 Å². The van der Waals surface area contributed by atoms with Gasteiger partial charge in [-0.1, -0.05) is 12.8 Å². The first-order valence-corrected chi connectivity index (χ1v) is 7.39. The zero-order valence-electron chi connectivity index (χ0n) is 12.2. The van der Waals surface area contributed by atoms with E-state index in [1.165, 1.54) is 7.11 Å². The largest absolute Gasteiger partial charge is 0.469 e. The fraction of sp³-hybridized carbons (Fsp3) is 0.857. The van der Waals surface area contributed by atoms with Crippen LogP contribution in [0, 0.1) is 5.92 Å². The molecule has 1 saturated carbocycles. The van der Waals surface area contributed by atoms with Crippen LogP contribution < -0.4 is 5.32 Å². The Morgan fingerprint density at radius 1 is 1.19 bits per heavy atom. The highest BCUT2D eigenvalue weighted by Crippen LogP contribution is 2.26. The predicted molar refractivity (Wildman–Crippen MR) is 72.3 cm³/mol. The van der Waals surface area contributed by atoms with E-state index in [-0.39, 0.29) is 24.8 Å². The van der Waals surface area contributed by atoms with Crippen LogP contribution in [0.15, 0.2) is 0 Å². The molecular formula is C14H23NO6. The second-order valence-electron chi connectivity index (χ2n) is 5.70. The van der Waals surface area contributed by atoms with Gasteiger partial charge in [-0.2, -0.15) is 0 Å². The third kappa shape index (κ3) is 3.93. The molecule has 21 heavy (non-hydrogen) atoms. The average molecular weight is 301 g/mol. The molecule has 0 bridgehead atoms. The Morgan fingerprint density at radius 2 is 1.81 bits per heavy atom. The summed E-state index contributed by atoms with van der Waals surface area (Å²) >= 11 is 0. The molecule has 7 nitrogen and oxygen atoms in total. The highest BCUT2D eigenvalue weighted by atomic mass is 16.6. The molecule has 3 N–H and O–H groups in total. The van der Waals surface area contributed by atoms with Gasteiger partial charge in [0.25, 0.3) is 0 Å². The summed E-state index contributed by atoms with van der Waals surface area (Å²) in [7, 11) is 1.25. The summed E-state index contributed by atoms with van der Waals surface area (Å²) < 4.78 is 9.97. The summed E-state index contributed by atoms with van der Waals surface area (Å²) in [6.45, 7) is 0.130. The van der Waals surface area contributed by atoms with Gasteiger partial charge < -0.3 is 25.0 Å². The molecule has 0 aromatic rings. The van der Waals surface area contributed by atoms with Crippen LogP contribution in [0.1, 0.15) is 32.1 Å². The molecule has 4 atom stereocenters. The van der Waals surface area contributed by atoms with Crippen molar-refractivity contribution in [3.05, 3.63) is 0 Å². The lowest BCUT2D eigenvalue weighted by Crippen LogP contribution is -2.41. The highest BCUT2D eigenvalue weighted by molar-refractivity contribution is 5.78. The van der Waals surface area contributed by atoms with Crippen LogP contribution in [0.2, 0.25) is 0 Å². The molecule has 7 heteroatoms. The number of amides is 1. The summed E-state index contributed by atoms with van der Waals surface area (Å²) in [5.74, 6) is -0.504. The molecule has 4 unspecified atom stereocenters. The van der Waals surface area contributed by atoms with Gasteiger partial charge in [0.2, 0.25) is 5.91 Å². The van der Waals surface area contributed by atoms with Crippen LogP contribution in [0.25, 0.3) is 0 Å². The number of hydrogen-bond donors (Lipinski definition) is 3. The fourth-order valence-electron chi connectivity index (χ4n) is 2.94. The minimum Gasteiger partial charge on any atom is -0.469 e. The minimum absolute atomic E-state index is 0.0331. The molecule has 2 aliphatic rings. The first-order valence-electron chi connectivity index (χ1n) is 7.39. The number of carbonyl (C=O) groups excluding carboxylic acids is 2. The normalized spacial score (nSPS) is 33.1. The van der Waals surface area contributed by atoms with Gasteiger partial charge in [-0.15, -0.1) is 0 Å². The van der Waals surface area contributed by atoms with E-state index in [9.17, 15) is 19.8 Å². The Kier molecular flexibility index (Phi) is 5.55. The molecule has 1 aliphatic heterocycles. The summed E-state index contributed by atoms with van der Waals surface area (Å²) in [5, 5.41) is 22.5. The molecule has 1 aliphatic carbocycles.